The second kappa shape index (κ2) is 5.68. The van der Waals surface area contributed by atoms with Crippen molar-refractivity contribution in [1.29, 1.82) is 0 Å². The van der Waals surface area contributed by atoms with Gasteiger partial charge in [0, 0.05) is 17.8 Å². The first-order chi connectivity index (χ1) is 9.51. The zero-order valence-electron chi connectivity index (χ0n) is 10.6. The van der Waals surface area contributed by atoms with E-state index in [1.54, 1.807) is 6.92 Å². The predicted molar refractivity (Wildman–Crippen MR) is 69.4 cm³/mol. The molecule has 1 aromatic carbocycles. The summed E-state index contributed by atoms with van der Waals surface area (Å²) in [5.74, 6) is -3.61. The number of aromatic nitrogens is 1. The summed E-state index contributed by atoms with van der Waals surface area (Å²) in [6, 6.07) is 4.71. The second-order valence-electron chi connectivity index (χ2n) is 3.90. The van der Waals surface area contributed by atoms with Crippen molar-refractivity contribution in [3.8, 4) is 5.88 Å². The van der Waals surface area contributed by atoms with E-state index in [1.807, 2.05) is 0 Å². The fraction of sp³-hybridized carbons (Fsp3) is 0.154. The van der Waals surface area contributed by atoms with Crippen LogP contribution in [-0.4, -0.2) is 11.6 Å². The van der Waals surface area contributed by atoms with Crippen LogP contribution in [0.4, 0.5) is 30.4 Å². The van der Waals surface area contributed by atoms with Crippen LogP contribution in [0, 0.1) is 17.5 Å². The van der Waals surface area contributed by atoms with Crippen LogP contribution in [-0.2, 0) is 0 Å². The van der Waals surface area contributed by atoms with Gasteiger partial charge in [-0.1, -0.05) is 0 Å². The monoisotopic (exact) mass is 283 g/mol. The maximum absolute atomic E-state index is 13.1. The third kappa shape index (κ3) is 2.93. The van der Waals surface area contributed by atoms with Crippen molar-refractivity contribution < 1.29 is 17.9 Å². The summed E-state index contributed by atoms with van der Waals surface area (Å²) < 4.78 is 44.2. The topological polar surface area (TPSA) is 60.2 Å². The van der Waals surface area contributed by atoms with Crippen molar-refractivity contribution in [2.45, 2.75) is 6.92 Å². The SMILES string of the molecule is CCOc1nc(Nc2cc(F)c(F)c(F)c2)ccc1N. The predicted octanol–water partition coefficient (Wildman–Crippen LogP) is 3.22. The number of ether oxygens (including phenoxy) is 1. The molecule has 0 saturated carbocycles. The molecule has 20 heavy (non-hydrogen) atoms. The largest absolute Gasteiger partial charge is 0.476 e. The van der Waals surface area contributed by atoms with Gasteiger partial charge in [-0.3, -0.25) is 0 Å². The number of nitrogens with two attached hydrogens (primary N) is 1. The molecule has 7 heteroatoms. The van der Waals surface area contributed by atoms with Crippen molar-refractivity contribution in [3.05, 3.63) is 41.7 Å². The highest BCUT2D eigenvalue weighted by molar-refractivity contribution is 5.60. The number of rotatable bonds is 4. The van der Waals surface area contributed by atoms with Crippen LogP contribution in [0.3, 0.4) is 0 Å². The second-order valence-corrected chi connectivity index (χ2v) is 3.90. The highest BCUT2D eigenvalue weighted by Crippen LogP contribution is 2.24. The number of nitrogen functional groups attached to an aromatic ring is 1. The van der Waals surface area contributed by atoms with Gasteiger partial charge in [-0.25, -0.2) is 13.2 Å². The molecule has 1 heterocycles. The summed E-state index contributed by atoms with van der Waals surface area (Å²) in [5, 5.41) is 2.65. The van der Waals surface area contributed by atoms with Crippen molar-refractivity contribution in [2.75, 3.05) is 17.7 Å². The summed E-state index contributed by atoms with van der Waals surface area (Å²) in [5.41, 5.74) is 6.02. The van der Waals surface area contributed by atoms with Crippen LogP contribution in [0.2, 0.25) is 0 Å². The lowest BCUT2D eigenvalue weighted by Crippen LogP contribution is -2.03. The van der Waals surface area contributed by atoms with Crippen LogP contribution in [0.15, 0.2) is 24.3 Å². The molecule has 0 aliphatic heterocycles. The molecule has 0 radical (unpaired) electrons. The van der Waals surface area contributed by atoms with Gasteiger partial charge in [-0.05, 0) is 19.1 Å². The van der Waals surface area contributed by atoms with Gasteiger partial charge in [-0.2, -0.15) is 4.98 Å². The normalized spacial score (nSPS) is 10.4. The number of nitrogens with zero attached hydrogens (tertiary/aromatic N) is 1. The first-order valence-corrected chi connectivity index (χ1v) is 5.82. The molecule has 0 fully saturated rings. The fourth-order valence-corrected chi connectivity index (χ4v) is 1.55. The summed E-state index contributed by atoms with van der Waals surface area (Å²) >= 11 is 0. The van der Waals surface area contributed by atoms with Crippen LogP contribution in [0.1, 0.15) is 6.92 Å². The average Bonchev–Trinajstić information content (AvgIpc) is 2.40. The Hall–Kier alpha value is -2.44. The smallest absolute Gasteiger partial charge is 0.239 e. The first kappa shape index (κ1) is 14.0. The molecule has 4 nitrogen and oxygen atoms in total. The summed E-state index contributed by atoms with van der Waals surface area (Å²) in [6.45, 7) is 2.15. The van der Waals surface area contributed by atoms with Crippen LogP contribution >= 0.6 is 0 Å². The Labute approximate surface area is 113 Å². The Bertz CT molecular complexity index is 611. The minimum absolute atomic E-state index is 0.0288. The van der Waals surface area contributed by atoms with Gasteiger partial charge in [0.1, 0.15) is 5.82 Å². The Kier molecular flexibility index (Phi) is 3.97. The molecule has 1 aromatic heterocycles. The zero-order chi connectivity index (χ0) is 14.7. The number of anilines is 3. The molecule has 0 amide bonds. The van der Waals surface area contributed by atoms with Crippen molar-refractivity contribution in [3.63, 3.8) is 0 Å². The number of nitrogens with one attached hydrogen (secondary N) is 1. The van der Waals surface area contributed by atoms with E-state index in [0.29, 0.717) is 12.3 Å². The van der Waals surface area contributed by atoms with Gasteiger partial charge in [0.05, 0.1) is 12.3 Å². The van der Waals surface area contributed by atoms with Crippen molar-refractivity contribution in [1.82, 2.24) is 4.98 Å². The van der Waals surface area contributed by atoms with Gasteiger partial charge in [0.15, 0.2) is 17.5 Å². The fourth-order valence-electron chi connectivity index (χ4n) is 1.55. The molecular formula is C13H12F3N3O. The maximum Gasteiger partial charge on any atom is 0.239 e. The molecule has 0 bridgehead atoms. The van der Waals surface area contributed by atoms with Gasteiger partial charge in [-0.15, -0.1) is 0 Å². The highest BCUT2D eigenvalue weighted by atomic mass is 19.2. The number of halogens is 3. The Balaban J connectivity index is 2.28. The third-order valence-electron chi connectivity index (χ3n) is 2.43. The van der Waals surface area contributed by atoms with E-state index >= 15 is 0 Å². The van der Waals surface area contributed by atoms with E-state index in [9.17, 15) is 13.2 Å². The number of hydrogen-bond donors (Lipinski definition) is 2. The van der Waals surface area contributed by atoms with E-state index in [2.05, 4.69) is 10.3 Å². The molecule has 0 aliphatic carbocycles. The molecule has 0 atom stereocenters. The molecule has 3 N–H and O–H groups in total. The molecule has 2 aromatic rings. The lowest BCUT2D eigenvalue weighted by atomic mass is 10.3. The quantitative estimate of drug-likeness (QED) is 0.846. The minimum atomic E-state index is -1.52. The first-order valence-electron chi connectivity index (χ1n) is 5.82. The van der Waals surface area contributed by atoms with Crippen LogP contribution < -0.4 is 15.8 Å². The highest BCUT2D eigenvalue weighted by Gasteiger charge is 2.11. The standard InChI is InChI=1S/C13H12F3N3O/c1-2-20-13-10(17)3-4-11(19-13)18-7-5-8(14)12(16)9(15)6-7/h3-6H,2,17H2,1H3,(H,18,19). The van der Waals surface area contributed by atoms with E-state index in [4.69, 9.17) is 10.5 Å². The number of pyridine rings is 1. The molecule has 0 saturated heterocycles. The van der Waals surface area contributed by atoms with Gasteiger partial charge in [0.25, 0.3) is 0 Å². The van der Waals surface area contributed by atoms with Crippen LogP contribution in [0.5, 0.6) is 5.88 Å². The van der Waals surface area contributed by atoms with E-state index in [0.717, 1.165) is 12.1 Å². The molecule has 106 valence electrons. The number of benzene rings is 1. The Morgan fingerprint density at radius 3 is 2.45 bits per heavy atom. The molecular weight excluding hydrogens is 271 g/mol. The summed E-state index contributed by atoms with van der Waals surface area (Å²) in [6.07, 6.45) is 0. The average molecular weight is 283 g/mol. The van der Waals surface area contributed by atoms with Gasteiger partial charge < -0.3 is 15.8 Å². The molecule has 2 rings (SSSR count). The summed E-state index contributed by atoms with van der Waals surface area (Å²) in [7, 11) is 0. The lowest BCUT2D eigenvalue weighted by Gasteiger charge is -2.10. The summed E-state index contributed by atoms with van der Waals surface area (Å²) in [4.78, 5) is 4.04. The third-order valence-corrected chi connectivity index (χ3v) is 2.43. The van der Waals surface area contributed by atoms with Gasteiger partial charge in [0.2, 0.25) is 5.88 Å². The lowest BCUT2D eigenvalue weighted by molar-refractivity contribution is 0.329. The van der Waals surface area contributed by atoms with E-state index < -0.39 is 17.5 Å². The zero-order valence-corrected chi connectivity index (χ0v) is 10.6. The van der Waals surface area contributed by atoms with E-state index in [1.165, 1.54) is 12.1 Å². The molecule has 0 spiro atoms. The van der Waals surface area contributed by atoms with Crippen molar-refractivity contribution >= 4 is 17.2 Å². The van der Waals surface area contributed by atoms with Crippen LogP contribution in [0.25, 0.3) is 0 Å². The minimum Gasteiger partial charge on any atom is -0.476 e. The van der Waals surface area contributed by atoms with Gasteiger partial charge >= 0.3 is 0 Å². The Morgan fingerprint density at radius 2 is 1.85 bits per heavy atom. The maximum atomic E-state index is 13.1. The molecule has 0 unspecified atom stereocenters. The van der Waals surface area contributed by atoms with E-state index in [-0.39, 0.29) is 17.4 Å². The molecule has 0 aliphatic rings. The van der Waals surface area contributed by atoms with Crippen molar-refractivity contribution in [2.24, 2.45) is 0 Å². The Morgan fingerprint density at radius 1 is 1.20 bits per heavy atom. The number of hydrogen-bond acceptors (Lipinski definition) is 4.